The molecule has 0 spiro atoms. The third kappa shape index (κ3) is 8.33. The summed E-state index contributed by atoms with van der Waals surface area (Å²) in [6, 6.07) is 0. The van der Waals surface area contributed by atoms with Crippen molar-refractivity contribution < 1.29 is 28.6 Å². The molecule has 4 nitrogen and oxygen atoms in total. The summed E-state index contributed by atoms with van der Waals surface area (Å²) in [5.41, 5.74) is -1.16. The molecule has 154 valence electrons. The number of Topliss-reactive ketones (excluding diaryl/α,β-unsaturated/α-hetero) is 1. The Bertz CT molecular complexity index is 552. The van der Waals surface area contributed by atoms with Crippen LogP contribution in [0.25, 0.3) is 0 Å². The number of hydrogen-bond acceptors (Lipinski definition) is 3. The lowest BCUT2D eigenvalue weighted by Gasteiger charge is -2.23. The maximum atomic E-state index is 14.3. The van der Waals surface area contributed by atoms with Crippen molar-refractivity contribution in [3.8, 4) is 0 Å². The summed E-state index contributed by atoms with van der Waals surface area (Å²) in [6.45, 7) is 3.65. The number of carbonyl (C=O) groups excluding carboxylic acids is 1. The first kappa shape index (κ1) is 23.5. The molecule has 0 aliphatic heterocycles. The lowest BCUT2D eigenvalue weighted by molar-refractivity contribution is -0.137. The average Bonchev–Trinajstić information content (AvgIpc) is 2.76. The predicted octanol–water partition coefficient (Wildman–Crippen LogP) is 4.92. The maximum Gasteiger partial charge on any atom is 0.303 e. The van der Waals surface area contributed by atoms with Crippen LogP contribution in [-0.2, 0) is 9.59 Å². The van der Waals surface area contributed by atoms with Gasteiger partial charge >= 0.3 is 5.97 Å². The van der Waals surface area contributed by atoms with Gasteiger partial charge in [0, 0.05) is 12.3 Å². The molecule has 3 atom stereocenters. The molecule has 0 unspecified atom stereocenters. The summed E-state index contributed by atoms with van der Waals surface area (Å²) in [7, 11) is 0. The van der Waals surface area contributed by atoms with Gasteiger partial charge in [-0.1, -0.05) is 50.5 Å². The van der Waals surface area contributed by atoms with Crippen LogP contribution in [0.3, 0.4) is 0 Å². The van der Waals surface area contributed by atoms with E-state index in [1.807, 2.05) is 0 Å². The smallest absolute Gasteiger partial charge is 0.303 e. The van der Waals surface area contributed by atoms with E-state index in [1.165, 1.54) is 12.2 Å². The Morgan fingerprint density at radius 1 is 1.30 bits per heavy atom. The lowest BCUT2D eigenvalue weighted by Crippen LogP contribution is -2.26. The topological polar surface area (TPSA) is 74.6 Å². The number of rotatable bonds is 12. The number of carboxylic acid groups (broad SMARTS) is 1. The van der Waals surface area contributed by atoms with Crippen molar-refractivity contribution in [1.82, 2.24) is 0 Å². The minimum Gasteiger partial charge on any atom is -0.481 e. The van der Waals surface area contributed by atoms with Crippen molar-refractivity contribution in [2.45, 2.75) is 83.2 Å². The van der Waals surface area contributed by atoms with Crippen LogP contribution in [0.1, 0.15) is 71.6 Å². The zero-order valence-corrected chi connectivity index (χ0v) is 16.3. The van der Waals surface area contributed by atoms with Crippen molar-refractivity contribution in [3.05, 3.63) is 24.3 Å². The van der Waals surface area contributed by atoms with E-state index in [9.17, 15) is 23.5 Å². The summed E-state index contributed by atoms with van der Waals surface area (Å²) in [4.78, 5) is 22.5. The van der Waals surface area contributed by atoms with Crippen LogP contribution in [0.5, 0.6) is 0 Å². The Kier molecular flexibility index (Phi) is 9.30. The standard InChI is InChI=1S/C21H32F2O4/c1-3-4-9-13-20(2,27)14-12-17-16(18(24)15-21(17,22)23)10-7-5-6-8-11-19(25)26/h5,7,12,14,16-17,27H,3-4,6,8-11,13,15H2,1-2H3,(H,25,26)/b7-5-,14-12+/t16-,17-,20+/m1/s1. The van der Waals surface area contributed by atoms with Crippen molar-refractivity contribution >= 4 is 11.8 Å². The quantitative estimate of drug-likeness (QED) is 0.369. The second-order valence-corrected chi connectivity index (χ2v) is 7.70. The zero-order valence-electron chi connectivity index (χ0n) is 16.3. The van der Waals surface area contributed by atoms with Crippen LogP contribution in [0.4, 0.5) is 8.78 Å². The first-order chi connectivity index (χ1) is 12.6. The van der Waals surface area contributed by atoms with E-state index in [0.29, 0.717) is 19.3 Å². The number of carboxylic acids is 1. The zero-order chi connectivity index (χ0) is 20.5. The molecule has 0 aromatic heterocycles. The second-order valence-electron chi connectivity index (χ2n) is 7.70. The fraction of sp³-hybridized carbons (Fsp3) is 0.714. The third-order valence-electron chi connectivity index (χ3n) is 5.01. The molecule has 1 aliphatic rings. The summed E-state index contributed by atoms with van der Waals surface area (Å²) < 4.78 is 28.5. The number of halogens is 2. The highest BCUT2D eigenvalue weighted by Gasteiger charge is 2.53. The molecule has 0 radical (unpaired) electrons. The maximum absolute atomic E-state index is 14.3. The van der Waals surface area contributed by atoms with Gasteiger partial charge in [-0.25, -0.2) is 8.78 Å². The van der Waals surface area contributed by atoms with Crippen LogP contribution in [0.15, 0.2) is 24.3 Å². The second kappa shape index (κ2) is 10.7. The molecule has 0 heterocycles. The highest BCUT2D eigenvalue weighted by molar-refractivity contribution is 5.85. The Balaban J connectivity index is 2.69. The van der Waals surface area contributed by atoms with E-state index >= 15 is 0 Å². The van der Waals surface area contributed by atoms with Gasteiger partial charge in [0.15, 0.2) is 0 Å². The van der Waals surface area contributed by atoms with E-state index in [2.05, 4.69) is 6.92 Å². The molecule has 0 bridgehead atoms. The molecular formula is C21H32F2O4. The normalized spacial score (nSPS) is 24.7. The van der Waals surface area contributed by atoms with Crippen LogP contribution in [-0.4, -0.2) is 33.5 Å². The minimum atomic E-state index is -3.10. The van der Waals surface area contributed by atoms with Gasteiger partial charge in [-0.3, -0.25) is 9.59 Å². The number of allylic oxidation sites excluding steroid dienone is 3. The largest absolute Gasteiger partial charge is 0.481 e. The molecule has 6 heteroatoms. The van der Waals surface area contributed by atoms with Crippen molar-refractivity contribution in [3.63, 3.8) is 0 Å². The van der Waals surface area contributed by atoms with Crippen molar-refractivity contribution in [2.75, 3.05) is 0 Å². The Morgan fingerprint density at radius 2 is 2.00 bits per heavy atom. The fourth-order valence-corrected chi connectivity index (χ4v) is 3.39. The first-order valence-electron chi connectivity index (χ1n) is 9.78. The molecule has 1 aliphatic carbocycles. The van der Waals surface area contributed by atoms with E-state index < -0.39 is 41.5 Å². The fourth-order valence-electron chi connectivity index (χ4n) is 3.39. The highest BCUT2D eigenvalue weighted by atomic mass is 19.3. The summed E-state index contributed by atoms with van der Waals surface area (Å²) in [5, 5.41) is 18.9. The highest BCUT2D eigenvalue weighted by Crippen LogP contribution is 2.45. The lowest BCUT2D eigenvalue weighted by atomic mass is 9.88. The Hall–Kier alpha value is -1.56. The van der Waals surface area contributed by atoms with E-state index in [-0.39, 0.29) is 12.8 Å². The van der Waals surface area contributed by atoms with Gasteiger partial charge in [0.25, 0.3) is 5.92 Å². The van der Waals surface area contributed by atoms with E-state index in [0.717, 1.165) is 19.3 Å². The van der Waals surface area contributed by atoms with Crippen LogP contribution < -0.4 is 0 Å². The number of aliphatic hydroxyl groups is 1. The molecule has 27 heavy (non-hydrogen) atoms. The van der Waals surface area contributed by atoms with Gasteiger partial charge < -0.3 is 10.2 Å². The number of hydrogen-bond donors (Lipinski definition) is 2. The Morgan fingerprint density at radius 3 is 2.63 bits per heavy atom. The molecule has 1 rings (SSSR count). The van der Waals surface area contributed by atoms with Gasteiger partial charge in [0.05, 0.1) is 17.9 Å². The van der Waals surface area contributed by atoms with Gasteiger partial charge in [-0.2, -0.15) is 0 Å². The van der Waals surface area contributed by atoms with Gasteiger partial charge in [0.2, 0.25) is 0 Å². The van der Waals surface area contributed by atoms with Crippen LogP contribution >= 0.6 is 0 Å². The molecule has 0 aromatic rings. The minimum absolute atomic E-state index is 0.0588. The van der Waals surface area contributed by atoms with Crippen molar-refractivity contribution in [1.29, 1.82) is 0 Å². The third-order valence-corrected chi connectivity index (χ3v) is 5.01. The number of ketones is 1. The number of alkyl halides is 2. The first-order valence-corrected chi connectivity index (χ1v) is 9.78. The summed E-state index contributed by atoms with van der Waals surface area (Å²) in [5.74, 6) is -6.46. The molecule has 2 N–H and O–H groups in total. The predicted molar refractivity (Wildman–Crippen MR) is 101 cm³/mol. The number of carbonyl (C=O) groups is 2. The monoisotopic (exact) mass is 386 g/mol. The molecule has 0 saturated heterocycles. The van der Waals surface area contributed by atoms with Gasteiger partial charge in [0.1, 0.15) is 5.78 Å². The molecule has 1 fully saturated rings. The van der Waals surface area contributed by atoms with Crippen LogP contribution in [0.2, 0.25) is 0 Å². The van der Waals surface area contributed by atoms with Gasteiger partial charge in [-0.15, -0.1) is 0 Å². The molecule has 1 saturated carbocycles. The molecule has 0 amide bonds. The van der Waals surface area contributed by atoms with Gasteiger partial charge in [-0.05, 0) is 32.6 Å². The number of unbranched alkanes of at least 4 members (excludes halogenated alkanes) is 3. The average molecular weight is 386 g/mol. The SMILES string of the molecule is CCCCC[C@](C)(O)/C=C/[C@@H]1[C@@H](C/C=C\CCCC(=O)O)C(=O)CC1(F)F. The molecular weight excluding hydrogens is 354 g/mol. The number of aliphatic carboxylic acids is 1. The molecule has 0 aromatic carbocycles. The van der Waals surface area contributed by atoms with E-state index in [4.69, 9.17) is 5.11 Å². The summed E-state index contributed by atoms with van der Waals surface area (Å²) >= 11 is 0. The Labute approximate surface area is 160 Å². The summed E-state index contributed by atoms with van der Waals surface area (Å²) in [6.07, 6.45) is 9.97. The van der Waals surface area contributed by atoms with Crippen LogP contribution in [0, 0.1) is 11.8 Å². The van der Waals surface area contributed by atoms with E-state index in [1.54, 1.807) is 19.1 Å². The van der Waals surface area contributed by atoms with Crippen molar-refractivity contribution in [2.24, 2.45) is 11.8 Å².